The predicted molar refractivity (Wildman–Crippen MR) is 68.8 cm³/mol. The summed E-state index contributed by atoms with van der Waals surface area (Å²) in [5.41, 5.74) is 1.70. The standard InChI is InChI=1S/C13H9ClFN3O/c14-12-7-16-6-10(17-12)13(19)18-4-3-8-1-2-9(15)5-11(8)18/h1-2,5-7H,3-4H2. The summed E-state index contributed by atoms with van der Waals surface area (Å²) < 4.78 is 13.3. The summed E-state index contributed by atoms with van der Waals surface area (Å²) >= 11 is 5.72. The minimum absolute atomic E-state index is 0.157. The summed E-state index contributed by atoms with van der Waals surface area (Å²) in [6.45, 7) is 0.506. The number of carbonyl (C=O) groups excluding carboxylic acids is 1. The number of hydrogen-bond donors (Lipinski definition) is 0. The number of aromatic nitrogens is 2. The van der Waals surface area contributed by atoms with Crippen LogP contribution in [0.5, 0.6) is 0 Å². The van der Waals surface area contributed by atoms with Gasteiger partial charge in [-0.05, 0) is 24.1 Å². The normalized spacial score (nSPS) is 13.5. The van der Waals surface area contributed by atoms with Gasteiger partial charge in [0.2, 0.25) is 0 Å². The highest BCUT2D eigenvalue weighted by Crippen LogP contribution is 2.29. The molecule has 0 spiro atoms. The van der Waals surface area contributed by atoms with Gasteiger partial charge in [0.25, 0.3) is 5.91 Å². The summed E-state index contributed by atoms with van der Waals surface area (Å²) in [6.07, 6.45) is 3.41. The Morgan fingerprint density at radius 2 is 2.21 bits per heavy atom. The van der Waals surface area contributed by atoms with Gasteiger partial charge in [0, 0.05) is 6.54 Å². The summed E-state index contributed by atoms with van der Waals surface area (Å²) in [4.78, 5) is 21.6. The van der Waals surface area contributed by atoms with Gasteiger partial charge >= 0.3 is 0 Å². The van der Waals surface area contributed by atoms with E-state index in [1.165, 1.54) is 29.4 Å². The molecule has 3 rings (SSSR count). The number of fused-ring (bicyclic) bond motifs is 1. The average molecular weight is 278 g/mol. The first-order chi connectivity index (χ1) is 9.15. The van der Waals surface area contributed by atoms with Crippen molar-refractivity contribution in [3.8, 4) is 0 Å². The molecule has 1 aliphatic heterocycles. The van der Waals surface area contributed by atoms with E-state index in [4.69, 9.17) is 11.6 Å². The summed E-state index contributed by atoms with van der Waals surface area (Å²) in [5.74, 6) is -0.685. The number of hydrogen-bond acceptors (Lipinski definition) is 3. The molecule has 0 saturated carbocycles. The van der Waals surface area contributed by atoms with E-state index in [1.807, 2.05) is 0 Å². The van der Waals surface area contributed by atoms with Crippen molar-refractivity contribution in [3.05, 3.63) is 52.8 Å². The molecule has 0 radical (unpaired) electrons. The molecule has 1 aromatic heterocycles. The largest absolute Gasteiger partial charge is 0.306 e. The van der Waals surface area contributed by atoms with Crippen LogP contribution in [0, 0.1) is 5.82 Å². The van der Waals surface area contributed by atoms with Crippen molar-refractivity contribution in [3.63, 3.8) is 0 Å². The fraction of sp³-hybridized carbons (Fsp3) is 0.154. The Labute approximate surface area is 113 Å². The fourth-order valence-corrected chi connectivity index (χ4v) is 2.29. The molecule has 4 nitrogen and oxygen atoms in total. The van der Waals surface area contributed by atoms with Gasteiger partial charge in [-0.15, -0.1) is 0 Å². The molecule has 0 fully saturated rings. The number of benzene rings is 1. The Morgan fingerprint density at radius 3 is 3.00 bits per heavy atom. The van der Waals surface area contributed by atoms with E-state index < -0.39 is 0 Å². The van der Waals surface area contributed by atoms with Gasteiger partial charge in [-0.2, -0.15) is 0 Å². The number of amides is 1. The first-order valence-electron chi connectivity index (χ1n) is 5.73. The lowest BCUT2D eigenvalue weighted by molar-refractivity contribution is 0.0984. The molecule has 1 aromatic carbocycles. The van der Waals surface area contributed by atoms with Crippen LogP contribution in [0.2, 0.25) is 5.15 Å². The molecule has 0 bridgehead atoms. The third-order valence-electron chi connectivity index (χ3n) is 3.01. The minimum atomic E-state index is -0.365. The number of nitrogens with zero attached hydrogens (tertiary/aromatic N) is 3. The number of anilines is 1. The third kappa shape index (κ3) is 2.17. The highest BCUT2D eigenvalue weighted by Gasteiger charge is 2.27. The second-order valence-electron chi connectivity index (χ2n) is 4.21. The molecule has 1 aliphatic rings. The van der Waals surface area contributed by atoms with E-state index in [9.17, 15) is 9.18 Å². The van der Waals surface area contributed by atoms with Crippen LogP contribution >= 0.6 is 11.6 Å². The van der Waals surface area contributed by atoms with Crippen molar-refractivity contribution >= 4 is 23.2 Å². The third-order valence-corrected chi connectivity index (χ3v) is 3.19. The minimum Gasteiger partial charge on any atom is -0.306 e. The van der Waals surface area contributed by atoms with Crippen LogP contribution in [0.3, 0.4) is 0 Å². The van der Waals surface area contributed by atoms with Crippen LogP contribution in [-0.4, -0.2) is 22.4 Å². The quantitative estimate of drug-likeness (QED) is 0.804. The second-order valence-corrected chi connectivity index (χ2v) is 4.59. The predicted octanol–water partition coefficient (Wildman–Crippen LogP) is 2.47. The van der Waals surface area contributed by atoms with E-state index in [1.54, 1.807) is 6.07 Å². The van der Waals surface area contributed by atoms with Gasteiger partial charge in [-0.1, -0.05) is 17.7 Å². The lowest BCUT2D eigenvalue weighted by atomic mass is 10.2. The first kappa shape index (κ1) is 12.0. The summed E-state index contributed by atoms with van der Waals surface area (Å²) in [7, 11) is 0. The lowest BCUT2D eigenvalue weighted by Gasteiger charge is -2.16. The Bertz CT molecular complexity index is 662. The Morgan fingerprint density at radius 1 is 1.37 bits per heavy atom. The molecule has 0 unspecified atom stereocenters. The Kier molecular flexibility index (Phi) is 2.91. The van der Waals surface area contributed by atoms with Crippen LogP contribution in [0.1, 0.15) is 16.1 Å². The second kappa shape index (κ2) is 4.59. The first-order valence-corrected chi connectivity index (χ1v) is 6.11. The van der Waals surface area contributed by atoms with Gasteiger partial charge < -0.3 is 4.90 Å². The summed E-state index contributed by atoms with van der Waals surface area (Å²) in [5, 5.41) is 0.157. The van der Waals surface area contributed by atoms with Crippen molar-refractivity contribution < 1.29 is 9.18 Å². The van der Waals surface area contributed by atoms with Gasteiger partial charge in [0.15, 0.2) is 0 Å². The molecule has 6 heteroatoms. The number of carbonyl (C=O) groups is 1. The maximum Gasteiger partial charge on any atom is 0.278 e. The highest BCUT2D eigenvalue weighted by molar-refractivity contribution is 6.29. The van der Waals surface area contributed by atoms with Crippen LogP contribution in [0.25, 0.3) is 0 Å². The fourth-order valence-electron chi connectivity index (χ4n) is 2.15. The SMILES string of the molecule is O=C(c1cncc(Cl)n1)N1CCc2ccc(F)cc21. The van der Waals surface area contributed by atoms with E-state index in [-0.39, 0.29) is 22.6 Å². The van der Waals surface area contributed by atoms with Crippen molar-refractivity contribution in [2.24, 2.45) is 0 Å². The molecule has 0 N–H and O–H groups in total. The molecular formula is C13H9ClFN3O. The molecule has 96 valence electrons. The molecule has 2 heterocycles. The molecule has 0 saturated heterocycles. The van der Waals surface area contributed by atoms with Crippen molar-refractivity contribution in [1.29, 1.82) is 0 Å². The van der Waals surface area contributed by atoms with Crippen molar-refractivity contribution in [2.45, 2.75) is 6.42 Å². The average Bonchev–Trinajstić information content (AvgIpc) is 2.80. The van der Waals surface area contributed by atoms with E-state index >= 15 is 0 Å². The van der Waals surface area contributed by atoms with Crippen molar-refractivity contribution in [1.82, 2.24) is 9.97 Å². The number of halogens is 2. The van der Waals surface area contributed by atoms with Crippen LogP contribution in [-0.2, 0) is 6.42 Å². The summed E-state index contributed by atoms with van der Waals surface area (Å²) in [6, 6.07) is 4.45. The Hall–Kier alpha value is -2.01. The van der Waals surface area contributed by atoms with E-state index in [0.29, 0.717) is 18.7 Å². The highest BCUT2D eigenvalue weighted by atomic mass is 35.5. The molecule has 19 heavy (non-hydrogen) atoms. The molecular weight excluding hydrogens is 269 g/mol. The zero-order valence-corrected chi connectivity index (χ0v) is 10.6. The zero-order valence-electron chi connectivity index (χ0n) is 9.81. The van der Waals surface area contributed by atoms with E-state index in [0.717, 1.165) is 5.56 Å². The smallest absolute Gasteiger partial charge is 0.278 e. The molecule has 0 atom stereocenters. The van der Waals surface area contributed by atoms with Gasteiger partial charge in [-0.25, -0.2) is 9.37 Å². The van der Waals surface area contributed by atoms with Gasteiger partial charge in [0.05, 0.1) is 18.1 Å². The van der Waals surface area contributed by atoms with Crippen LogP contribution in [0.4, 0.5) is 10.1 Å². The number of rotatable bonds is 1. The molecule has 2 aromatic rings. The molecule has 1 amide bonds. The van der Waals surface area contributed by atoms with Crippen molar-refractivity contribution in [2.75, 3.05) is 11.4 Å². The van der Waals surface area contributed by atoms with Crippen LogP contribution < -0.4 is 4.90 Å². The van der Waals surface area contributed by atoms with Gasteiger partial charge in [-0.3, -0.25) is 9.78 Å². The monoisotopic (exact) mass is 277 g/mol. The molecule has 0 aliphatic carbocycles. The maximum atomic E-state index is 13.3. The van der Waals surface area contributed by atoms with E-state index in [2.05, 4.69) is 9.97 Å². The topological polar surface area (TPSA) is 46.1 Å². The van der Waals surface area contributed by atoms with Gasteiger partial charge in [0.1, 0.15) is 16.7 Å². The maximum absolute atomic E-state index is 13.3. The van der Waals surface area contributed by atoms with Crippen LogP contribution in [0.15, 0.2) is 30.6 Å². The zero-order chi connectivity index (χ0) is 13.4. The lowest BCUT2D eigenvalue weighted by Crippen LogP contribution is -2.29. The Balaban J connectivity index is 1.97.